The Morgan fingerprint density at radius 1 is 1.36 bits per heavy atom. The van der Waals surface area contributed by atoms with Gasteiger partial charge in [-0.2, -0.15) is 0 Å². The fourth-order valence-corrected chi connectivity index (χ4v) is 6.34. The van der Waals surface area contributed by atoms with Crippen LogP contribution in [0.4, 0.5) is 0 Å². The van der Waals surface area contributed by atoms with E-state index in [-0.39, 0.29) is 6.10 Å². The van der Waals surface area contributed by atoms with E-state index in [4.69, 9.17) is 9.05 Å². The molecule has 0 bridgehead atoms. The van der Waals surface area contributed by atoms with Crippen LogP contribution < -0.4 is 4.52 Å². The smallest absolute Gasteiger partial charge is 0.417 e. The number of halogens is 1. The average molecular weight is 405 g/mol. The highest BCUT2D eigenvalue weighted by molar-refractivity contribution is 9.10. The molecule has 22 heavy (non-hydrogen) atoms. The van der Waals surface area contributed by atoms with Gasteiger partial charge in [0.05, 0.1) is 6.10 Å². The molecule has 1 heterocycles. The van der Waals surface area contributed by atoms with Gasteiger partial charge in [0.15, 0.2) is 0 Å². The molecule has 1 fully saturated rings. The van der Waals surface area contributed by atoms with E-state index in [0.29, 0.717) is 11.7 Å². The van der Waals surface area contributed by atoms with Gasteiger partial charge in [-0.05, 0) is 74.7 Å². The van der Waals surface area contributed by atoms with Crippen molar-refractivity contribution in [3.63, 3.8) is 0 Å². The molecule has 1 aromatic rings. The minimum atomic E-state index is -3.19. The van der Waals surface area contributed by atoms with Crippen LogP contribution >= 0.6 is 34.1 Å². The van der Waals surface area contributed by atoms with Crippen molar-refractivity contribution in [1.29, 1.82) is 0 Å². The highest BCUT2D eigenvalue weighted by atomic mass is 79.9. The number of benzene rings is 1. The Bertz CT molecular complexity index is 561. The maximum Gasteiger partial charge on any atom is 0.440 e. The summed E-state index contributed by atoms with van der Waals surface area (Å²) in [4.78, 5) is 0. The maximum absolute atomic E-state index is 13.0. The van der Waals surface area contributed by atoms with Crippen molar-refractivity contribution < 1.29 is 13.6 Å². The van der Waals surface area contributed by atoms with Crippen molar-refractivity contribution in [2.75, 3.05) is 5.75 Å². The molecule has 0 N–H and O–H groups in total. The Kier molecular flexibility index (Phi) is 6.63. The standard InChI is InChI=1S/C16H22BrO3PS/c1-12(2)14-5-4-13(3)19-21(18,22-11-10-14)20-16-8-6-15(17)7-9-16/h6-9,13-14H,1,4-5,10-11H2,2-3H3/t13-,14+,21-/m0/s1. The average Bonchev–Trinajstić information content (AvgIpc) is 2.51. The topological polar surface area (TPSA) is 35.5 Å². The van der Waals surface area contributed by atoms with Crippen LogP contribution in [-0.2, 0) is 9.09 Å². The molecule has 0 aromatic heterocycles. The first-order valence-electron chi connectivity index (χ1n) is 7.41. The summed E-state index contributed by atoms with van der Waals surface area (Å²) < 4.78 is 25.4. The van der Waals surface area contributed by atoms with Crippen molar-refractivity contribution in [3.8, 4) is 5.75 Å². The van der Waals surface area contributed by atoms with Crippen molar-refractivity contribution in [3.05, 3.63) is 40.9 Å². The van der Waals surface area contributed by atoms with Crippen LogP contribution in [0.15, 0.2) is 40.9 Å². The van der Waals surface area contributed by atoms with Gasteiger partial charge in [-0.25, -0.2) is 4.57 Å². The molecule has 0 radical (unpaired) electrons. The number of allylic oxidation sites excluding steroid dienone is 1. The first-order chi connectivity index (χ1) is 10.4. The van der Waals surface area contributed by atoms with Gasteiger partial charge in [0.25, 0.3) is 0 Å². The lowest BCUT2D eigenvalue weighted by molar-refractivity contribution is 0.188. The molecule has 6 heteroatoms. The molecule has 0 saturated carbocycles. The molecule has 122 valence electrons. The predicted molar refractivity (Wildman–Crippen MR) is 97.5 cm³/mol. The molecule has 1 saturated heterocycles. The van der Waals surface area contributed by atoms with Crippen molar-refractivity contribution in [1.82, 2.24) is 0 Å². The highest BCUT2D eigenvalue weighted by Crippen LogP contribution is 2.62. The van der Waals surface area contributed by atoms with Gasteiger partial charge in [-0.15, -0.1) is 0 Å². The van der Waals surface area contributed by atoms with E-state index in [2.05, 4.69) is 29.4 Å². The maximum atomic E-state index is 13.0. The summed E-state index contributed by atoms with van der Waals surface area (Å²) in [6.45, 7) is 4.90. The minimum Gasteiger partial charge on any atom is -0.417 e. The monoisotopic (exact) mass is 404 g/mol. The summed E-state index contributed by atoms with van der Waals surface area (Å²) in [5.74, 6) is 1.79. The summed E-state index contributed by atoms with van der Waals surface area (Å²) in [6, 6.07) is 7.31. The molecule has 3 atom stereocenters. The zero-order valence-corrected chi connectivity index (χ0v) is 16.3. The molecule has 0 spiro atoms. The van der Waals surface area contributed by atoms with Crippen molar-refractivity contribution in [2.45, 2.75) is 39.2 Å². The third-order valence-corrected chi connectivity index (χ3v) is 7.97. The Hall–Kier alpha value is -0.220. The molecule has 2 rings (SSSR count). The van der Waals surface area contributed by atoms with Crippen LogP contribution in [0.1, 0.15) is 33.1 Å². The van der Waals surface area contributed by atoms with E-state index in [1.807, 2.05) is 19.1 Å². The second kappa shape index (κ2) is 8.05. The first kappa shape index (κ1) is 18.1. The van der Waals surface area contributed by atoms with Crippen LogP contribution in [0.2, 0.25) is 0 Å². The SMILES string of the molecule is C=C(C)[C@H]1CCS[P@](=O)(Oc2ccc(Br)cc2)O[C@@H](C)CC1. The summed E-state index contributed by atoms with van der Waals surface area (Å²) >= 11 is 4.67. The quantitative estimate of drug-likeness (QED) is 0.428. The van der Waals surface area contributed by atoms with E-state index in [1.165, 1.54) is 17.0 Å². The van der Waals surface area contributed by atoms with Crippen LogP contribution in [0.25, 0.3) is 0 Å². The molecule has 1 aliphatic heterocycles. The van der Waals surface area contributed by atoms with Crippen molar-refractivity contribution in [2.24, 2.45) is 5.92 Å². The van der Waals surface area contributed by atoms with Gasteiger partial charge in [-0.3, -0.25) is 4.52 Å². The van der Waals surface area contributed by atoms with Crippen LogP contribution in [0.3, 0.4) is 0 Å². The minimum absolute atomic E-state index is 0.0891. The lowest BCUT2D eigenvalue weighted by Crippen LogP contribution is -2.09. The summed E-state index contributed by atoms with van der Waals surface area (Å²) in [6.07, 6.45) is 2.76. The molecule has 1 aromatic carbocycles. The first-order valence-corrected chi connectivity index (χ1v) is 11.3. The normalized spacial score (nSPS) is 30.0. The van der Waals surface area contributed by atoms with Crippen LogP contribution in [-0.4, -0.2) is 11.9 Å². The van der Waals surface area contributed by atoms with E-state index < -0.39 is 6.80 Å². The lowest BCUT2D eigenvalue weighted by atomic mass is 9.93. The fourth-order valence-electron chi connectivity index (χ4n) is 2.36. The van der Waals surface area contributed by atoms with Gasteiger partial charge in [0, 0.05) is 10.2 Å². The van der Waals surface area contributed by atoms with Gasteiger partial charge >= 0.3 is 6.80 Å². The zero-order chi connectivity index (χ0) is 16.2. The Labute approximate surface area is 145 Å². The van der Waals surface area contributed by atoms with Gasteiger partial charge < -0.3 is 4.52 Å². The molecule has 0 unspecified atom stereocenters. The van der Waals surface area contributed by atoms with Gasteiger partial charge in [0.1, 0.15) is 5.75 Å². The molecule has 3 nitrogen and oxygen atoms in total. The summed E-state index contributed by atoms with van der Waals surface area (Å²) in [5.41, 5.74) is 1.19. The van der Waals surface area contributed by atoms with E-state index in [9.17, 15) is 4.57 Å². The van der Waals surface area contributed by atoms with E-state index >= 15 is 0 Å². The second-order valence-electron chi connectivity index (χ2n) is 5.65. The van der Waals surface area contributed by atoms with E-state index in [1.54, 1.807) is 12.1 Å². The highest BCUT2D eigenvalue weighted by Gasteiger charge is 2.32. The Morgan fingerprint density at radius 3 is 2.68 bits per heavy atom. The Morgan fingerprint density at radius 2 is 2.05 bits per heavy atom. The molecular weight excluding hydrogens is 383 g/mol. The molecule has 0 amide bonds. The molecule has 0 aliphatic carbocycles. The number of hydrogen-bond donors (Lipinski definition) is 0. The molecular formula is C16H22BrO3PS. The summed E-state index contributed by atoms with van der Waals surface area (Å²) in [7, 11) is 0. The Balaban J connectivity index is 2.09. The third-order valence-electron chi connectivity index (χ3n) is 3.67. The lowest BCUT2D eigenvalue weighted by Gasteiger charge is -2.21. The van der Waals surface area contributed by atoms with Gasteiger partial charge in [0.2, 0.25) is 0 Å². The van der Waals surface area contributed by atoms with Gasteiger partial charge in [-0.1, -0.05) is 28.1 Å². The fraction of sp³-hybridized carbons (Fsp3) is 0.500. The van der Waals surface area contributed by atoms with E-state index in [0.717, 1.165) is 29.5 Å². The second-order valence-corrected chi connectivity index (χ2v) is 10.6. The largest absolute Gasteiger partial charge is 0.440 e. The summed E-state index contributed by atoms with van der Waals surface area (Å²) in [5, 5.41) is 0. The number of rotatable bonds is 3. The molecule has 1 aliphatic rings. The predicted octanol–water partition coefficient (Wildman–Crippen LogP) is 6.45. The van der Waals surface area contributed by atoms with Crippen molar-refractivity contribution >= 4 is 34.1 Å². The van der Waals surface area contributed by atoms with Crippen LogP contribution in [0.5, 0.6) is 5.75 Å². The zero-order valence-electron chi connectivity index (χ0n) is 13.0. The third kappa shape index (κ3) is 5.45. The number of hydrogen-bond acceptors (Lipinski definition) is 4. The van der Waals surface area contributed by atoms with Crippen LogP contribution in [0, 0.1) is 5.92 Å².